The van der Waals surface area contributed by atoms with E-state index in [1.165, 1.54) is 44.6 Å². The number of piperidine rings is 1. The molecule has 0 spiro atoms. The molecule has 1 aliphatic carbocycles. The van der Waals surface area contributed by atoms with Gasteiger partial charge in [0.05, 0.1) is 6.54 Å². The molecule has 2 heterocycles. The second-order valence-electron chi connectivity index (χ2n) is 9.21. The highest BCUT2D eigenvalue weighted by Crippen LogP contribution is 2.26. The molecule has 0 radical (unpaired) electrons. The van der Waals surface area contributed by atoms with Crippen LogP contribution in [0.25, 0.3) is 0 Å². The number of likely N-dealkylation sites (tertiary alicyclic amines) is 1. The van der Waals surface area contributed by atoms with Crippen LogP contribution in [0.5, 0.6) is 0 Å². The SMILES string of the molecule is O=C(NCCN1CCCCC1)c1ccc(CN(Cc2ccccc2F)C2CCCCC2)o1. The number of halogens is 1. The molecule has 1 aromatic heterocycles. The third-order valence-corrected chi connectivity index (χ3v) is 6.83. The molecule has 6 heteroatoms. The molecule has 174 valence electrons. The number of rotatable bonds is 9. The number of carbonyl (C=O) groups is 1. The lowest BCUT2D eigenvalue weighted by molar-refractivity contribution is 0.0909. The summed E-state index contributed by atoms with van der Waals surface area (Å²) in [7, 11) is 0. The van der Waals surface area contributed by atoms with Crippen LogP contribution in [0, 0.1) is 5.82 Å². The number of hydrogen-bond acceptors (Lipinski definition) is 4. The van der Waals surface area contributed by atoms with Crippen molar-refractivity contribution in [3.63, 3.8) is 0 Å². The summed E-state index contributed by atoms with van der Waals surface area (Å²) in [6.45, 7) is 4.91. The van der Waals surface area contributed by atoms with Crippen molar-refractivity contribution in [2.24, 2.45) is 0 Å². The van der Waals surface area contributed by atoms with Crippen LogP contribution in [0.15, 0.2) is 40.8 Å². The van der Waals surface area contributed by atoms with E-state index in [0.29, 0.717) is 37.0 Å². The van der Waals surface area contributed by atoms with E-state index in [-0.39, 0.29) is 11.7 Å². The van der Waals surface area contributed by atoms with Gasteiger partial charge in [0.15, 0.2) is 5.76 Å². The topological polar surface area (TPSA) is 48.7 Å². The van der Waals surface area contributed by atoms with Crippen LogP contribution >= 0.6 is 0 Å². The van der Waals surface area contributed by atoms with Crippen molar-refractivity contribution in [1.29, 1.82) is 0 Å². The van der Waals surface area contributed by atoms with E-state index in [1.54, 1.807) is 12.1 Å². The van der Waals surface area contributed by atoms with E-state index in [1.807, 2.05) is 18.2 Å². The van der Waals surface area contributed by atoms with Gasteiger partial charge in [-0.1, -0.05) is 43.9 Å². The Balaban J connectivity index is 1.34. The molecule has 0 unspecified atom stereocenters. The minimum atomic E-state index is -0.165. The lowest BCUT2D eigenvalue weighted by Gasteiger charge is -2.34. The van der Waals surface area contributed by atoms with Crippen LogP contribution in [-0.2, 0) is 13.1 Å². The molecule has 1 aliphatic heterocycles. The zero-order valence-electron chi connectivity index (χ0n) is 19.0. The van der Waals surface area contributed by atoms with Crippen molar-refractivity contribution >= 4 is 5.91 Å². The Morgan fingerprint density at radius 2 is 1.75 bits per heavy atom. The maximum Gasteiger partial charge on any atom is 0.287 e. The van der Waals surface area contributed by atoms with Gasteiger partial charge in [-0.15, -0.1) is 0 Å². The second-order valence-corrected chi connectivity index (χ2v) is 9.21. The Morgan fingerprint density at radius 3 is 2.53 bits per heavy atom. The Labute approximate surface area is 191 Å². The lowest BCUT2D eigenvalue weighted by Crippen LogP contribution is -2.37. The molecule has 2 aromatic rings. The van der Waals surface area contributed by atoms with E-state index in [4.69, 9.17) is 4.42 Å². The van der Waals surface area contributed by atoms with Crippen LogP contribution in [0.2, 0.25) is 0 Å². The Hall–Kier alpha value is -2.18. The van der Waals surface area contributed by atoms with Gasteiger partial charge in [0.1, 0.15) is 11.6 Å². The number of furan rings is 1. The zero-order chi connectivity index (χ0) is 22.2. The minimum absolute atomic E-state index is 0.161. The summed E-state index contributed by atoms with van der Waals surface area (Å²) >= 11 is 0. The van der Waals surface area contributed by atoms with Crippen molar-refractivity contribution in [1.82, 2.24) is 15.1 Å². The Bertz CT molecular complexity index is 856. The standard InChI is InChI=1S/C26H36FN3O2/c27-24-12-6-5-9-21(24)19-30(22-10-3-1-4-11-22)20-23-13-14-25(32-23)26(31)28-15-18-29-16-7-2-8-17-29/h5-6,9,12-14,22H,1-4,7-8,10-11,15-20H2,(H,28,31). The van der Waals surface area contributed by atoms with Gasteiger partial charge in [-0.3, -0.25) is 9.69 Å². The van der Waals surface area contributed by atoms with E-state index in [0.717, 1.165) is 38.2 Å². The van der Waals surface area contributed by atoms with Gasteiger partial charge < -0.3 is 14.6 Å². The number of carbonyl (C=O) groups excluding carboxylic acids is 1. The number of nitrogens with zero attached hydrogens (tertiary/aromatic N) is 2. The largest absolute Gasteiger partial charge is 0.455 e. The van der Waals surface area contributed by atoms with Gasteiger partial charge in [0, 0.05) is 31.2 Å². The number of amides is 1. The molecule has 1 N–H and O–H groups in total. The van der Waals surface area contributed by atoms with Crippen LogP contribution in [-0.4, -0.2) is 47.9 Å². The highest BCUT2D eigenvalue weighted by molar-refractivity contribution is 5.91. The van der Waals surface area contributed by atoms with E-state index < -0.39 is 0 Å². The highest BCUT2D eigenvalue weighted by atomic mass is 19.1. The molecule has 5 nitrogen and oxygen atoms in total. The summed E-state index contributed by atoms with van der Waals surface area (Å²) in [5.41, 5.74) is 0.709. The summed E-state index contributed by atoms with van der Waals surface area (Å²) in [6, 6.07) is 11.0. The fraction of sp³-hybridized carbons (Fsp3) is 0.577. The molecule has 4 rings (SSSR count). The van der Waals surface area contributed by atoms with Crippen LogP contribution in [0.4, 0.5) is 4.39 Å². The summed E-state index contributed by atoms with van der Waals surface area (Å²) in [4.78, 5) is 17.3. The van der Waals surface area contributed by atoms with Gasteiger partial charge in [0.2, 0.25) is 0 Å². The normalized spacial score (nSPS) is 18.2. The first kappa shape index (κ1) is 23.0. The molecular weight excluding hydrogens is 405 g/mol. The molecule has 1 aromatic carbocycles. The molecule has 32 heavy (non-hydrogen) atoms. The van der Waals surface area contributed by atoms with E-state index in [9.17, 15) is 9.18 Å². The molecule has 2 fully saturated rings. The van der Waals surface area contributed by atoms with E-state index in [2.05, 4.69) is 15.1 Å². The monoisotopic (exact) mass is 441 g/mol. The molecular formula is C26H36FN3O2. The molecule has 1 saturated carbocycles. The molecule has 1 amide bonds. The second kappa shape index (κ2) is 11.6. The molecule has 2 aliphatic rings. The van der Waals surface area contributed by atoms with Gasteiger partial charge in [0.25, 0.3) is 5.91 Å². The predicted molar refractivity (Wildman–Crippen MR) is 124 cm³/mol. The fourth-order valence-corrected chi connectivity index (χ4v) is 4.99. The quantitative estimate of drug-likeness (QED) is 0.597. The van der Waals surface area contributed by atoms with Gasteiger partial charge in [-0.25, -0.2) is 4.39 Å². The first-order chi connectivity index (χ1) is 15.7. The molecule has 1 saturated heterocycles. The lowest BCUT2D eigenvalue weighted by atomic mass is 9.93. The Kier molecular flexibility index (Phi) is 8.35. The minimum Gasteiger partial charge on any atom is -0.455 e. The Morgan fingerprint density at radius 1 is 1.00 bits per heavy atom. The number of nitrogens with one attached hydrogen (secondary N) is 1. The number of hydrogen-bond donors (Lipinski definition) is 1. The summed E-state index contributed by atoms with van der Waals surface area (Å²) in [5.74, 6) is 0.786. The van der Waals surface area contributed by atoms with Crippen molar-refractivity contribution in [3.05, 3.63) is 59.3 Å². The van der Waals surface area contributed by atoms with Crippen molar-refractivity contribution < 1.29 is 13.6 Å². The number of benzene rings is 1. The first-order valence-electron chi connectivity index (χ1n) is 12.3. The van der Waals surface area contributed by atoms with Crippen molar-refractivity contribution in [2.75, 3.05) is 26.2 Å². The van der Waals surface area contributed by atoms with Crippen molar-refractivity contribution in [3.8, 4) is 0 Å². The van der Waals surface area contributed by atoms with Crippen LogP contribution in [0.3, 0.4) is 0 Å². The first-order valence-corrected chi connectivity index (χ1v) is 12.3. The predicted octanol–water partition coefficient (Wildman–Crippen LogP) is 4.97. The third kappa shape index (κ3) is 6.42. The smallest absolute Gasteiger partial charge is 0.287 e. The average Bonchev–Trinajstić information content (AvgIpc) is 3.30. The summed E-state index contributed by atoms with van der Waals surface area (Å²) in [5, 5.41) is 2.99. The fourth-order valence-electron chi connectivity index (χ4n) is 4.99. The van der Waals surface area contributed by atoms with Crippen LogP contribution < -0.4 is 5.32 Å². The summed E-state index contributed by atoms with van der Waals surface area (Å²) < 4.78 is 20.2. The van der Waals surface area contributed by atoms with Gasteiger partial charge in [-0.05, 0) is 57.0 Å². The highest BCUT2D eigenvalue weighted by Gasteiger charge is 2.24. The molecule has 0 atom stereocenters. The van der Waals surface area contributed by atoms with E-state index >= 15 is 0 Å². The van der Waals surface area contributed by atoms with Crippen molar-refractivity contribution in [2.45, 2.75) is 70.5 Å². The third-order valence-electron chi connectivity index (χ3n) is 6.83. The maximum atomic E-state index is 14.3. The molecule has 0 bridgehead atoms. The van der Waals surface area contributed by atoms with Crippen LogP contribution in [0.1, 0.15) is 73.2 Å². The summed E-state index contributed by atoms with van der Waals surface area (Å²) in [6.07, 6.45) is 9.75. The average molecular weight is 442 g/mol. The van der Waals surface area contributed by atoms with Gasteiger partial charge in [-0.2, -0.15) is 0 Å². The zero-order valence-corrected chi connectivity index (χ0v) is 19.0. The maximum absolute atomic E-state index is 14.3. The van der Waals surface area contributed by atoms with Gasteiger partial charge >= 0.3 is 0 Å².